The molecule has 0 aliphatic carbocycles. The van der Waals surface area contributed by atoms with Crippen molar-refractivity contribution in [3.63, 3.8) is 0 Å². The molecule has 4 bridgehead atoms. The number of anilines is 2. The van der Waals surface area contributed by atoms with Crippen molar-refractivity contribution in [2.45, 2.75) is 68.7 Å². The lowest BCUT2D eigenvalue weighted by Gasteiger charge is -2.58. The van der Waals surface area contributed by atoms with Crippen molar-refractivity contribution >= 4 is 89.7 Å². The van der Waals surface area contributed by atoms with E-state index in [0.717, 1.165) is 53.0 Å². The van der Waals surface area contributed by atoms with Crippen molar-refractivity contribution in [2.75, 3.05) is 24.7 Å². The maximum atomic E-state index is 14.9. The number of hydrogen-bond donors (Lipinski definition) is 4. The number of aliphatic hydroxyl groups excluding tert-OH is 2. The molecule has 4 amide bonds. The first kappa shape index (κ1) is 31.3. The zero-order chi connectivity index (χ0) is 35.3. The van der Waals surface area contributed by atoms with Crippen molar-refractivity contribution in [3.8, 4) is 0 Å². The number of nitrogens with zero attached hydrogens (tertiary/aromatic N) is 4. The number of Topliss-reactive ketones (excluding diaryl/α,β-unsaturated/α-hetero) is 2. The summed E-state index contributed by atoms with van der Waals surface area (Å²) in [6, 6.07) is 14.1. The fraction of sp³-hybridized carbons (Fsp3) is 0.438. The second-order valence-corrected chi connectivity index (χ2v) is 19.0. The molecule has 10 aliphatic heterocycles. The van der Waals surface area contributed by atoms with Crippen LogP contribution in [0.2, 0.25) is 0 Å². The molecule has 2 spiro atoms. The summed E-state index contributed by atoms with van der Waals surface area (Å²) in [4.78, 5) is 83.0. The van der Waals surface area contributed by atoms with Gasteiger partial charge in [0.15, 0.2) is 11.6 Å². The second kappa shape index (κ2) is 8.95. The Morgan fingerprint density at radius 2 is 0.980 bits per heavy atom. The van der Waals surface area contributed by atoms with Gasteiger partial charge in [0.2, 0.25) is 19.5 Å². The number of rotatable bonds is 3. The van der Waals surface area contributed by atoms with E-state index in [1.54, 1.807) is 48.5 Å². The minimum absolute atomic E-state index is 0.455. The number of likely N-dealkylation sites (N-methyl/N-ethyl adjacent to an activating group) is 2. The van der Waals surface area contributed by atoms with Gasteiger partial charge in [0, 0.05) is 25.5 Å². The Kier molecular flexibility index (Phi) is 5.61. The van der Waals surface area contributed by atoms with E-state index in [2.05, 4.69) is 10.6 Å². The van der Waals surface area contributed by atoms with Crippen LogP contribution in [0.15, 0.2) is 48.5 Å². The summed E-state index contributed by atoms with van der Waals surface area (Å²) in [7, 11) is 6.44. The average Bonchev–Trinajstić information content (AvgIpc) is 3.74. The van der Waals surface area contributed by atoms with Crippen LogP contribution in [0.4, 0.5) is 11.4 Å². The Labute approximate surface area is 300 Å². The fourth-order valence-electron chi connectivity index (χ4n) is 10.4. The first-order valence-corrected chi connectivity index (χ1v) is 20.1. The number of piperazine rings is 2. The summed E-state index contributed by atoms with van der Waals surface area (Å²) in [5.74, 6) is -3.86. The number of carbonyl (C=O) groups excluding carboxylic acids is 6. The van der Waals surface area contributed by atoms with E-state index < -0.39 is 90.0 Å². The van der Waals surface area contributed by atoms with Crippen LogP contribution in [-0.2, 0) is 39.6 Å². The van der Waals surface area contributed by atoms with Crippen LogP contribution < -0.4 is 10.6 Å². The van der Waals surface area contributed by atoms with Crippen LogP contribution in [0.25, 0.3) is 0 Å². The van der Waals surface area contributed by atoms with Gasteiger partial charge in [0.05, 0.1) is 10.8 Å². The average molecular weight is 753 g/mol. The molecule has 2 aromatic rings. The monoisotopic (exact) mass is 752 g/mol. The van der Waals surface area contributed by atoms with E-state index >= 15 is 0 Å². The van der Waals surface area contributed by atoms with Gasteiger partial charge in [-0.1, -0.05) is 36.4 Å². The van der Waals surface area contributed by atoms with Crippen LogP contribution >= 0.6 is 43.2 Å². The van der Waals surface area contributed by atoms with Gasteiger partial charge < -0.3 is 30.6 Å². The van der Waals surface area contributed by atoms with Gasteiger partial charge >= 0.3 is 0 Å². The molecule has 1 unspecified atom stereocenters. The van der Waals surface area contributed by atoms with Crippen LogP contribution in [-0.4, -0.2) is 123 Å². The highest BCUT2D eigenvalue weighted by atomic mass is 33.1. The van der Waals surface area contributed by atoms with E-state index in [4.69, 9.17) is 0 Å². The minimum Gasteiger partial charge on any atom is -0.388 e. The first-order valence-electron chi connectivity index (χ1n) is 15.8. The number of nitrogens with one attached hydrogen (secondary N) is 2. The summed E-state index contributed by atoms with van der Waals surface area (Å²) >= 11 is 0. The number of ketones is 2. The van der Waals surface area contributed by atoms with E-state index in [9.17, 15) is 39.0 Å². The Morgan fingerprint density at radius 1 is 0.620 bits per heavy atom. The largest absolute Gasteiger partial charge is 0.388 e. The molecule has 18 heteroatoms. The summed E-state index contributed by atoms with van der Waals surface area (Å²) in [6.07, 6.45) is -6.07. The van der Waals surface area contributed by atoms with E-state index in [1.807, 2.05) is 0 Å². The predicted molar refractivity (Wildman–Crippen MR) is 185 cm³/mol. The lowest BCUT2D eigenvalue weighted by atomic mass is 9.52. The zero-order valence-electron chi connectivity index (χ0n) is 26.7. The van der Waals surface area contributed by atoms with Crippen molar-refractivity contribution in [3.05, 3.63) is 59.7 Å². The van der Waals surface area contributed by atoms with Gasteiger partial charge in [-0.15, -0.1) is 0 Å². The molecule has 12 rings (SSSR count). The van der Waals surface area contributed by atoms with Gasteiger partial charge in [0.1, 0.15) is 24.5 Å². The van der Waals surface area contributed by atoms with Gasteiger partial charge in [-0.25, -0.2) is 0 Å². The van der Waals surface area contributed by atoms with Crippen LogP contribution in [0, 0.1) is 0 Å². The second-order valence-electron chi connectivity index (χ2n) is 13.9. The lowest BCUT2D eigenvalue weighted by molar-refractivity contribution is -0.170. The maximum absolute atomic E-state index is 14.9. The molecule has 4 N–H and O–H groups in total. The van der Waals surface area contributed by atoms with E-state index in [-0.39, 0.29) is 0 Å². The third-order valence-electron chi connectivity index (χ3n) is 12.4. The Hall–Kier alpha value is -3.42. The predicted octanol–water partition coefficient (Wildman–Crippen LogP) is 0.469. The van der Waals surface area contributed by atoms with Gasteiger partial charge in [0.25, 0.3) is 23.6 Å². The number of fused-ring (bicyclic) bond motifs is 11. The maximum Gasteiger partial charge on any atom is 0.271 e. The van der Waals surface area contributed by atoms with Crippen molar-refractivity contribution in [1.82, 2.24) is 19.6 Å². The van der Waals surface area contributed by atoms with Gasteiger partial charge in [-0.3, -0.25) is 38.6 Å². The summed E-state index contributed by atoms with van der Waals surface area (Å²) < 4.78 is 0. The molecular weight excluding hydrogens is 725 g/mol. The quantitative estimate of drug-likeness (QED) is 0.251. The molecule has 8 fully saturated rings. The molecule has 50 heavy (non-hydrogen) atoms. The van der Waals surface area contributed by atoms with Crippen LogP contribution in [0.1, 0.15) is 25.0 Å². The fourth-order valence-corrected chi connectivity index (χ4v) is 18.1. The molecule has 0 aromatic heterocycles. The summed E-state index contributed by atoms with van der Waals surface area (Å²) in [6.45, 7) is 2.50. The number of hydrogen-bond acceptors (Lipinski definition) is 14. The molecule has 258 valence electrons. The molecular formula is C32H28N6O8S4. The minimum atomic E-state index is -1.98. The molecule has 8 saturated heterocycles. The van der Waals surface area contributed by atoms with Crippen molar-refractivity contribution in [2.24, 2.45) is 0 Å². The Morgan fingerprint density at radius 3 is 1.34 bits per heavy atom. The standard InChI is InChI=1S/C32H28N6O8S4/c1-13(39)29-25(45)37-21-27(15-9-5-7-11-17(15)33-21,19(41)31(37,49-47-29)23(43)35(29)3)28-16-10-6-8-12-18(16)34-22(28)38-26(46)30(14(2)40)36(4)24(44)32(38,20(28)42)50-48-30/h5-12,19-22,33-34,41-42H,1-4H3/t19-,20-,21+,22+,27+,28?,29-,30-,31-,32-/m0/s1. The first-order chi connectivity index (χ1) is 23.7. The number of benzene rings is 2. The molecule has 2 aromatic carbocycles. The molecule has 0 radical (unpaired) electrons. The van der Waals surface area contributed by atoms with Crippen LogP contribution in [0.3, 0.4) is 0 Å². The number of carbonyl (C=O) groups is 6. The highest BCUT2D eigenvalue weighted by Crippen LogP contribution is 2.78. The van der Waals surface area contributed by atoms with Gasteiger partial charge in [-0.05, 0) is 80.3 Å². The van der Waals surface area contributed by atoms with Crippen molar-refractivity contribution in [1.29, 1.82) is 0 Å². The lowest BCUT2D eigenvalue weighted by Crippen LogP contribution is -2.79. The molecule has 10 aliphatic rings. The highest BCUT2D eigenvalue weighted by Gasteiger charge is 2.93. The topological polar surface area (TPSA) is 180 Å². The smallest absolute Gasteiger partial charge is 0.271 e. The van der Waals surface area contributed by atoms with Gasteiger partial charge in [-0.2, -0.15) is 0 Å². The van der Waals surface area contributed by atoms with Crippen molar-refractivity contribution < 1.29 is 39.0 Å². The van der Waals surface area contributed by atoms with E-state index in [1.165, 1.54) is 37.7 Å². The Bertz CT molecular complexity index is 1960. The third-order valence-corrected chi connectivity index (χ3v) is 19.7. The number of aliphatic hydroxyl groups is 2. The highest BCUT2D eigenvalue weighted by molar-refractivity contribution is 8.78. The van der Waals surface area contributed by atoms with E-state index in [0.29, 0.717) is 22.5 Å². The Balaban J connectivity index is 1.34. The number of amides is 4. The third kappa shape index (κ3) is 2.57. The normalized spacial score (nSPS) is 44.0. The molecule has 10 heterocycles. The molecule has 10 atom stereocenters. The SMILES string of the molecule is CC(=O)[C@@]12SS[C@]3(C(=O)N1C)[C@@H](O)C1([C@@]45c6ccccc6N[C@@H]4N4C(=O)[C@]6(C(C)=O)SS[C@]4(C(=O)N6C)[C@H]5O)c4ccccc4N[C@@H]1N3C2=O. The molecule has 0 saturated carbocycles. The summed E-state index contributed by atoms with van der Waals surface area (Å²) in [5.41, 5.74) is -1.77. The molecule has 14 nitrogen and oxygen atoms in total. The number of para-hydroxylation sites is 2. The zero-order valence-corrected chi connectivity index (χ0v) is 30.0. The van der Waals surface area contributed by atoms with Crippen LogP contribution in [0.5, 0.6) is 0 Å². The summed E-state index contributed by atoms with van der Waals surface area (Å²) in [5, 5.41) is 33.6.